The Kier molecular flexibility index (Phi) is 8.77. The topological polar surface area (TPSA) is 32.8 Å². The molecular formula is C71H46N2O2. The third-order valence-electron chi connectivity index (χ3n) is 16.3. The number of para-hydroxylation sites is 4. The fraction of sp³-hybridized carbons (Fsp3) is 0.0423. The minimum Gasteiger partial charge on any atom is -0.454 e. The molecule has 4 heteroatoms. The van der Waals surface area contributed by atoms with Gasteiger partial charge in [-0.05, 0) is 188 Å². The van der Waals surface area contributed by atoms with Crippen LogP contribution < -0.4 is 9.80 Å². The van der Waals surface area contributed by atoms with Crippen molar-refractivity contribution in [3.05, 3.63) is 276 Å². The van der Waals surface area contributed by atoms with E-state index in [1.807, 2.05) is 12.1 Å². The fourth-order valence-corrected chi connectivity index (χ4v) is 13.1. The Morgan fingerprint density at radius 2 is 0.707 bits per heavy atom. The summed E-state index contributed by atoms with van der Waals surface area (Å²) in [7, 11) is 0. The summed E-state index contributed by atoms with van der Waals surface area (Å²) < 4.78 is 13.5. The second-order valence-electron chi connectivity index (χ2n) is 20.6. The summed E-state index contributed by atoms with van der Waals surface area (Å²) in [5.74, 6) is 0. The van der Waals surface area contributed by atoms with E-state index in [1.165, 1.54) is 77.2 Å². The smallest absolute Gasteiger partial charge is 0.159 e. The van der Waals surface area contributed by atoms with Gasteiger partial charge in [-0.3, -0.25) is 0 Å². The lowest BCUT2D eigenvalue weighted by molar-refractivity contribution is 0.668. The quantitative estimate of drug-likeness (QED) is 0.166. The highest BCUT2D eigenvalue weighted by molar-refractivity contribution is 6.12. The van der Waals surface area contributed by atoms with Crippen molar-refractivity contribution in [1.29, 1.82) is 0 Å². The summed E-state index contributed by atoms with van der Waals surface area (Å²) in [6.45, 7) is 4.32. The summed E-state index contributed by atoms with van der Waals surface area (Å²) in [4.78, 5) is 4.74. The van der Waals surface area contributed by atoms with E-state index in [2.05, 4.69) is 254 Å². The first-order valence-electron chi connectivity index (χ1n) is 25.9. The maximum absolute atomic E-state index is 6.73. The summed E-state index contributed by atoms with van der Waals surface area (Å²) in [6, 6.07) is 89.3. The SMILES string of the molecule is Cc1cccc(N(c2ccc3cc4c(cc3c2)C2(c3ccccc3-c3ccccc32)c2cc3cc(N(c5cccc(C)c5)c5cccc6c5oc5ccccc56)ccc3cc2-4)c2cccc3c2oc2ccccc23)c1. The number of nitrogens with zero attached hydrogens (tertiary/aromatic N) is 2. The summed E-state index contributed by atoms with van der Waals surface area (Å²) in [6.07, 6.45) is 0. The highest BCUT2D eigenvalue weighted by Gasteiger charge is 2.52. The highest BCUT2D eigenvalue weighted by Crippen LogP contribution is 2.64. The van der Waals surface area contributed by atoms with Gasteiger partial charge in [-0.2, -0.15) is 0 Å². The van der Waals surface area contributed by atoms with Crippen LogP contribution in [0.4, 0.5) is 34.1 Å². The van der Waals surface area contributed by atoms with Gasteiger partial charge in [0.05, 0.1) is 16.8 Å². The van der Waals surface area contributed by atoms with E-state index >= 15 is 0 Å². The lowest BCUT2D eigenvalue weighted by Crippen LogP contribution is -2.25. The minimum atomic E-state index is -0.571. The average Bonchev–Trinajstić information content (AvgIpc) is 4.21. The first kappa shape index (κ1) is 41.9. The zero-order valence-electron chi connectivity index (χ0n) is 41.3. The average molecular weight is 959 g/mol. The molecule has 2 aromatic heterocycles. The number of anilines is 6. The standard InChI is InChI=1S/C71H46N2O2/c1-43-15-11-17-49(35-43)72(65-27-13-23-57-55-21-5-9-29-67(55)74-69(57)65)51-33-31-45-39-59-60-40-46-32-34-52(73(50-18-12-16-44(2)36-50)66-28-14-24-58-56-22-6-10-30-68(56)75-70(58)66)38-48(46)42-64(60)71(63(59)41-47(45)37-51)61-25-7-3-19-53(61)54-20-4-8-26-62(54)71/h3-42H,1-2H3. The first-order chi connectivity index (χ1) is 37.0. The van der Waals surface area contributed by atoms with Crippen molar-refractivity contribution in [3.63, 3.8) is 0 Å². The highest BCUT2D eigenvalue weighted by atomic mass is 16.3. The van der Waals surface area contributed by atoms with Crippen LogP contribution in [0.3, 0.4) is 0 Å². The van der Waals surface area contributed by atoms with Crippen LogP contribution in [0.2, 0.25) is 0 Å². The van der Waals surface area contributed by atoms with Gasteiger partial charge in [0.2, 0.25) is 0 Å². The molecule has 0 N–H and O–H groups in total. The van der Waals surface area contributed by atoms with Crippen molar-refractivity contribution in [1.82, 2.24) is 0 Å². The van der Waals surface area contributed by atoms with Crippen molar-refractivity contribution < 1.29 is 8.83 Å². The Labute approximate surface area is 433 Å². The van der Waals surface area contributed by atoms with Crippen molar-refractivity contribution >= 4 is 99.5 Å². The maximum atomic E-state index is 6.73. The molecule has 0 amide bonds. The number of hydrogen-bond donors (Lipinski definition) is 0. The minimum absolute atomic E-state index is 0.571. The van der Waals surface area contributed by atoms with Crippen molar-refractivity contribution in [2.45, 2.75) is 19.3 Å². The Hall–Kier alpha value is -9.64. The van der Waals surface area contributed by atoms with Gasteiger partial charge in [0.15, 0.2) is 11.2 Å². The molecule has 4 nitrogen and oxygen atoms in total. The van der Waals surface area contributed by atoms with Crippen LogP contribution >= 0.6 is 0 Å². The van der Waals surface area contributed by atoms with Crippen LogP contribution in [0.25, 0.3) is 87.7 Å². The molecule has 0 fully saturated rings. The molecule has 2 aliphatic carbocycles. The molecule has 75 heavy (non-hydrogen) atoms. The van der Waals surface area contributed by atoms with Gasteiger partial charge in [-0.15, -0.1) is 0 Å². The Morgan fingerprint density at radius 1 is 0.293 bits per heavy atom. The molecule has 2 aliphatic rings. The second kappa shape index (κ2) is 15.7. The molecule has 12 aromatic carbocycles. The molecule has 0 saturated carbocycles. The molecule has 0 atom stereocenters. The van der Waals surface area contributed by atoms with Crippen LogP contribution in [-0.2, 0) is 5.41 Å². The maximum Gasteiger partial charge on any atom is 0.159 e. The lowest BCUT2D eigenvalue weighted by Gasteiger charge is -2.31. The number of aryl methyl sites for hydroxylation is 2. The van der Waals surface area contributed by atoms with Crippen LogP contribution in [0.1, 0.15) is 33.4 Å². The molecule has 0 saturated heterocycles. The summed E-state index contributed by atoms with van der Waals surface area (Å²) >= 11 is 0. The monoisotopic (exact) mass is 958 g/mol. The number of fused-ring (bicyclic) bond motifs is 18. The third kappa shape index (κ3) is 5.99. The Balaban J connectivity index is 0.923. The molecule has 352 valence electrons. The fourth-order valence-electron chi connectivity index (χ4n) is 13.1. The second-order valence-corrected chi connectivity index (χ2v) is 20.6. The number of furan rings is 2. The molecule has 2 heterocycles. The van der Waals surface area contributed by atoms with Gasteiger partial charge in [-0.25, -0.2) is 0 Å². The summed E-state index contributed by atoms with van der Waals surface area (Å²) in [5, 5.41) is 9.16. The Bertz CT molecular complexity index is 4430. The van der Waals surface area contributed by atoms with E-state index in [9.17, 15) is 0 Å². The molecular weight excluding hydrogens is 913 g/mol. The lowest BCUT2D eigenvalue weighted by atomic mass is 9.70. The van der Waals surface area contributed by atoms with E-state index in [0.29, 0.717) is 0 Å². The normalized spacial score (nSPS) is 13.0. The van der Waals surface area contributed by atoms with Crippen molar-refractivity contribution in [3.8, 4) is 22.3 Å². The van der Waals surface area contributed by atoms with Crippen molar-refractivity contribution in [2.24, 2.45) is 0 Å². The van der Waals surface area contributed by atoms with Crippen LogP contribution in [-0.4, -0.2) is 0 Å². The van der Waals surface area contributed by atoms with E-state index in [1.54, 1.807) is 0 Å². The van der Waals surface area contributed by atoms with Gasteiger partial charge in [0.25, 0.3) is 0 Å². The summed E-state index contributed by atoms with van der Waals surface area (Å²) in [5.41, 5.74) is 21.9. The zero-order valence-corrected chi connectivity index (χ0v) is 41.3. The van der Waals surface area contributed by atoms with Gasteiger partial charge in [0, 0.05) is 44.3 Å². The van der Waals surface area contributed by atoms with Gasteiger partial charge < -0.3 is 18.6 Å². The number of hydrogen-bond acceptors (Lipinski definition) is 4. The molecule has 0 radical (unpaired) electrons. The van der Waals surface area contributed by atoms with E-state index < -0.39 is 5.41 Å². The van der Waals surface area contributed by atoms with E-state index in [0.717, 1.165) is 78.0 Å². The molecule has 16 rings (SSSR count). The molecule has 0 unspecified atom stereocenters. The van der Waals surface area contributed by atoms with Gasteiger partial charge in [-0.1, -0.05) is 146 Å². The zero-order chi connectivity index (χ0) is 49.5. The van der Waals surface area contributed by atoms with Crippen LogP contribution in [0.5, 0.6) is 0 Å². The largest absolute Gasteiger partial charge is 0.454 e. The van der Waals surface area contributed by atoms with E-state index in [4.69, 9.17) is 8.83 Å². The molecule has 14 aromatic rings. The van der Waals surface area contributed by atoms with Crippen LogP contribution in [0.15, 0.2) is 251 Å². The molecule has 1 spiro atoms. The Morgan fingerprint density at radius 3 is 1.19 bits per heavy atom. The van der Waals surface area contributed by atoms with Gasteiger partial charge >= 0.3 is 0 Å². The first-order valence-corrected chi connectivity index (χ1v) is 25.9. The van der Waals surface area contributed by atoms with Crippen LogP contribution in [0, 0.1) is 13.8 Å². The van der Waals surface area contributed by atoms with Crippen molar-refractivity contribution in [2.75, 3.05) is 9.80 Å². The van der Waals surface area contributed by atoms with Gasteiger partial charge in [0.1, 0.15) is 11.2 Å². The molecule has 0 bridgehead atoms. The number of rotatable bonds is 6. The molecule has 0 aliphatic heterocycles. The number of benzene rings is 12. The van der Waals surface area contributed by atoms with E-state index in [-0.39, 0.29) is 0 Å². The predicted octanol–water partition coefficient (Wildman–Crippen LogP) is 19.7. The predicted molar refractivity (Wildman–Crippen MR) is 311 cm³/mol. The third-order valence-corrected chi connectivity index (χ3v) is 16.3.